The summed E-state index contributed by atoms with van der Waals surface area (Å²) in [5.41, 5.74) is 2.80. The van der Waals surface area contributed by atoms with Crippen molar-refractivity contribution < 1.29 is 19.1 Å². The number of aromatic nitrogens is 1. The van der Waals surface area contributed by atoms with Crippen molar-refractivity contribution in [1.82, 2.24) is 10.3 Å². The average molecular weight is 414 g/mol. The maximum atomic E-state index is 13.4. The van der Waals surface area contributed by atoms with Crippen molar-refractivity contribution in [1.29, 1.82) is 0 Å². The highest BCUT2D eigenvalue weighted by Crippen LogP contribution is 2.26. The quantitative estimate of drug-likeness (QED) is 0.382. The smallest absolute Gasteiger partial charge is 0.328 e. The third-order valence-corrected chi connectivity index (χ3v) is 5.20. The first kappa shape index (κ1) is 20.3. The highest BCUT2D eigenvalue weighted by Gasteiger charge is 2.25. The number of hydrogen-bond acceptors (Lipinski definition) is 5. The molecule has 0 aliphatic rings. The van der Waals surface area contributed by atoms with Crippen LogP contribution >= 0.6 is 0 Å². The van der Waals surface area contributed by atoms with Gasteiger partial charge in [0.1, 0.15) is 11.8 Å². The van der Waals surface area contributed by atoms with E-state index < -0.39 is 12.0 Å². The Labute approximate surface area is 179 Å². The number of nitrogens with zero attached hydrogens (tertiary/aromatic N) is 1. The summed E-state index contributed by atoms with van der Waals surface area (Å²) < 4.78 is 10.1. The first-order valence-electron chi connectivity index (χ1n) is 9.90. The van der Waals surface area contributed by atoms with Gasteiger partial charge in [-0.15, -0.1) is 0 Å². The average Bonchev–Trinajstić information content (AvgIpc) is 2.81. The van der Waals surface area contributed by atoms with Crippen molar-refractivity contribution in [3.8, 4) is 5.75 Å². The third kappa shape index (κ3) is 4.19. The maximum absolute atomic E-state index is 13.4. The van der Waals surface area contributed by atoms with E-state index in [9.17, 15) is 9.59 Å². The van der Waals surface area contributed by atoms with Crippen LogP contribution in [0.25, 0.3) is 21.8 Å². The van der Waals surface area contributed by atoms with Gasteiger partial charge < -0.3 is 14.8 Å². The Hall–Kier alpha value is -3.93. The van der Waals surface area contributed by atoms with Crippen molar-refractivity contribution in [3.63, 3.8) is 0 Å². The highest BCUT2D eigenvalue weighted by molar-refractivity contribution is 6.16. The lowest BCUT2D eigenvalue weighted by atomic mass is 10.0. The molecular formula is C25H22N2O4. The SMILES string of the molecule is COC(=O)[C@H](Cc1ccc(OC)cc1)NC(=O)c1c2ccccc2nc2ccccc12. The van der Waals surface area contributed by atoms with E-state index in [2.05, 4.69) is 10.3 Å². The second-order valence-corrected chi connectivity index (χ2v) is 7.12. The van der Waals surface area contributed by atoms with Crippen LogP contribution in [-0.2, 0) is 16.0 Å². The molecule has 156 valence electrons. The molecule has 31 heavy (non-hydrogen) atoms. The number of carbonyl (C=O) groups excluding carboxylic acids is 2. The van der Waals surface area contributed by atoms with Crippen LogP contribution in [0.4, 0.5) is 0 Å². The first-order chi connectivity index (χ1) is 15.1. The molecule has 0 aliphatic heterocycles. The topological polar surface area (TPSA) is 77.5 Å². The molecule has 0 fully saturated rings. The largest absolute Gasteiger partial charge is 0.497 e. The standard InChI is InChI=1S/C25H22N2O4/c1-30-17-13-11-16(12-14-17)15-22(25(29)31-2)27-24(28)23-18-7-3-5-9-20(18)26-21-10-6-4-8-19(21)23/h3-14,22H,15H2,1-2H3,(H,27,28)/t22-/m0/s1. The Bertz CT molecular complexity index is 1200. The molecule has 4 aromatic rings. The summed E-state index contributed by atoms with van der Waals surface area (Å²) in [4.78, 5) is 30.5. The Balaban J connectivity index is 1.71. The van der Waals surface area contributed by atoms with Crippen LogP contribution in [0.3, 0.4) is 0 Å². The number of ether oxygens (including phenoxy) is 2. The van der Waals surface area contributed by atoms with Gasteiger partial charge in [-0.25, -0.2) is 9.78 Å². The second kappa shape index (κ2) is 8.83. The van der Waals surface area contributed by atoms with Crippen LogP contribution in [0.2, 0.25) is 0 Å². The number of hydrogen-bond donors (Lipinski definition) is 1. The van der Waals surface area contributed by atoms with Crippen LogP contribution in [0.5, 0.6) is 5.75 Å². The Morgan fingerprint density at radius 3 is 2.00 bits per heavy atom. The monoisotopic (exact) mass is 414 g/mol. The molecule has 1 atom stereocenters. The van der Waals surface area contributed by atoms with Crippen molar-refractivity contribution in [2.45, 2.75) is 12.5 Å². The van der Waals surface area contributed by atoms with Crippen LogP contribution < -0.4 is 10.1 Å². The van der Waals surface area contributed by atoms with Crippen LogP contribution in [0.1, 0.15) is 15.9 Å². The van der Waals surface area contributed by atoms with Gasteiger partial charge in [0.15, 0.2) is 0 Å². The van der Waals surface area contributed by atoms with Crippen molar-refractivity contribution in [3.05, 3.63) is 83.9 Å². The van der Waals surface area contributed by atoms with Crippen LogP contribution in [-0.4, -0.2) is 37.1 Å². The van der Waals surface area contributed by atoms with Gasteiger partial charge in [-0.05, 0) is 29.8 Å². The highest BCUT2D eigenvalue weighted by atomic mass is 16.5. The minimum atomic E-state index is -0.836. The molecular weight excluding hydrogens is 392 g/mol. The molecule has 1 aromatic heterocycles. The van der Waals surface area contributed by atoms with Crippen molar-refractivity contribution in [2.24, 2.45) is 0 Å². The molecule has 4 rings (SSSR count). The van der Waals surface area contributed by atoms with E-state index >= 15 is 0 Å². The van der Waals surface area contributed by atoms with E-state index in [0.717, 1.165) is 33.1 Å². The number of rotatable bonds is 6. The van der Waals surface area contributed by atoms with Crippen LogP contribution in [0, 0.1) is 0 Å². The summed E-state index contributed by atoms with van der Waals surface area (Å²) >= 11 is 0. The molecule has 1 heterocycles. The Morgan fingerprint density at radius 2 is 1.45 bits per heavy atom. The van der Waals surface area contributed by atoms with Gasteiger partial charge in [0.25, 0.3) is 5.91 Å². The van der Waals surface area contributed by atoms with Gasteiger partial charge >= 0.3 is 5.97 Å². The number of esters is 1. The predicted octanol–water partition coefficient (Wildman–Crippen LogP) is 3.91. The number of carbonyl (C=O) groups is 2. The fourth-order valence-electron chi connectivity index (χ4n) is 3.65. The van der Waals surface area contributed by atoms with Crippen molar-refractivity contribution in [2.75, 3.05) is 14.2 Å². The van der Waals surface area contributed by atoms with E-state index in [1.807, 2.05) is 72.8 Å². The molecule has 3 aromatic carbocycles. The summed E-state index contributed by atoms with van der Waals surface area (Å²) in [7, 11) is 2.91. The minimum Gasteiger partial charge on any atom is -0.497 e. The van der Waals surface area contributed by atoms with Gasteiger partial charge in [-0.1, -0.05) is 48.5 Å². The number of fused-ring (bicyclic) bond motifs is 2. The minimum absolute atomic E-state index is 0.295. The van der Waals surface area contributed by atoms with E-state index in [-0.39, 0.29) is 5.91 Å². The Morgan fingerprint density at radius 1 is 0.871 bits per heavy atom. The van der Waals surface area contributed by atoms with E-state index in [0.29, 0.717) is 12.0 Å². The lowest BCUT2D eigenvalue weighted by Crippen LogP contribution is -2.43. The molecule has 0 bridgehead atoms. The van der Waals surface area contributed by atoms with Gasteiger partial charge in [0, 0.05) is 17.2 Å². The number of benzene rings is 3. The molecule has 0 saturated carbocycles. The Kier molecular flexibility index (Phi) is 5.80. The second-order valence-electron chi connectivity index (χ2n) is 7.12. The van der Waals surface area contributed by atoms with Crippen molar-refractivity contribution >= 4 is 33.7 Å². The van der Waals surface area contributed by atoms with E-state index in [4.69, 9.17) is 9.47 Å². The first-order valence-corrected chi connectivity index (χ1v) is 9.90. The third-order valence-electron chi connectivity index (χ3n) is 5.20. The van der Waals surface area contributed by atoms with E-state index in [1.165, 1.54) is 7.11 Å². The number of nitrogens with one attached hydrogen (secondary N) is 1. The zero-order valence-corrected chi connectivity index (χ0v) is 17.3. The molecule has 0 unspecified atom stereocenters. The fourth-order valence-corrected chi connectivity index (χ4v) is 3.65. The summed E-state index contributed by atoms with van der Waals surface area (Å²) in [6.45, 7) is 0. The predicted molar refractivity (Wildman–Crippen MR) is 119 cm³/mol. The summed E-state index contributed by atoms with van der Waals surface area (Å²) in [5.74, 6) is -0.136. The fraction of sp³-hybridized carbons (Fsp3) is 0.160. The van der Waals surface area contributed by atoms with Gasteiger partial charge in [-0.3, -0.25) is 4.79 Å². The molecule has 0 radical (unpaired) electrons. The molecule has 0 saturated heterocycles. The summed E-state index contributed by atoms with van der Waals surface area (Å²) in [6.07, 6.45) is 0.295. The molecule has 0 spiro atoms. The lowest BCUT2D eigenvalue weighted by Gasteiger charge is -2.18. The van der Waals surface area contributed by atoms with Gasteiger partial charge in [-0.2, -0.15) is 0 Å². The van der Waals surface area contributed by atoms with E-state index in [1.54, 1.807) is 7.11 Å². The lowest BCUT2D eigenvalue weighted by molar-refractivity contribution is -0.142. The number of amides is 1. The molecule has 1 amide bonds. The number of pyridine rings is 1. The zero-order chi connectivity index (χ0) is 21.8. The normalized spacial score (nSPS) is 11.8. The maximum Gasteiger partial charge on any atom is 0.328 e. The number of para-hydroxylation sites is 2. The molecule has 0 aliphatic carbocycles. The molecule has 6 heteroatoms. The summed E-state index contributed by atoms with van der Waals surface area (Å²) in [6, 6.07) is 21.5. The van der Waals surface area contributed by atoms with Gasteiger partial charge in [0.05, 0.1) is 30.8 Å². The van der Waals surface area contributed by atoms with Gasteiger partial charge in [0.2, 0.25) is 0 Å². The molecule has 6 nitrogen and oxygen atoms in total. The molecule has 1 N–H and O–H groups in total. The number of methoxy groups -OCH3 is 2. The van der Waals surface area contributed by atoms with Crippen LogP contribution in [0.15, 0.2) is 72.8 Å². The zero-order valence-electron chi connectivity index (χ0n) is 17.3. The summed E-state index contributed by atoms with van der Waals surface area (Å²) in [5, 5.41) is 4.33.